The third kappa shape index (κ3) is 4.17. The van der Waals surface area contributed by atoms with Crippen LogP contribution < -0.4 is 5.32 Å². The van der Waals surface area contributed by atoms with Gasteiger partial charge in [-0.15, -0.1) is 0 Å². The molecule has 114 valence electrons. The highest BCUT2D eigenvalue weighted by Gasteiger charge is 2.26. The average Bonchev–Trinajstić information content (AvgIpc) is 3.31. The number of rotatable bonds is 5. The van der Waals surface area contributed by atoms with Crippen LogP contribution >= 0.6 is 0 Å². The normalized spacial score (nSPS) is 25.9. The van der Waals surface area contributed by atoms with Gasteiger partial charge in [-0.05, 0) is 31.6 Å². The topological polar surface area (TPSA) is 44.8 Å². The number of hydrogen-bond acceptors (Lipinski definition) is 4. The second-order valence-electron chi connectivity index (χ2n) is 6.39. The molecule has 1 N–H and O–H groups in total. The maximum atomic E-state index is 12.1. The molecule has 1 amide bonds. The molecule has 2 saturated heterocycles. The van der Waals surface area contributed by atoms with Crippen LogP contribution in [-0.4, -0.2) is 74.2 Å². The molecule has 0 unspecified atom stereocenters. The Kier molecular flexibility index (Phi) is 4.91. The first-order chi connectivity index (χ1) is 9.81. The first kappa shape index (κ1) is 14.3. The average molecular weight is 281 g/mol. The highest BCUT2D eigenvalue weighted by Crippen LogP contribution is 2.19. The predicted octanol–water partition coefficient (Wildman–Crippen LogP) is 0.309. The zero-order chi connectivity index (χ0) is 13.8. The number of carbonyl (C=O) groups is 1. The summed E-state index contributed by atoms with van der Waals surface area (Å²) in [6, 6.07) is 0.619. The van der Waals surface area contributed by atoms with Gasteiger partial charge in [0.2, 0.25) is 5.91 Å². The minimum absolute atomic E-state index is 0.280. The highest BCUT2D eigenvalue weighted by molar-refractivity contribution is 5.78. The predicted molar refractivity (Wildman–Crippen MR) is 77.6 cm³/mol. The summed E-state index contributed by atoms with van der Waals surface area (Å²) in [5.74, 6) is 1.07. The van der Waals surface area contributed by atoms with E-state index in [0.717, 1.165) is 45.3 Å². The van der Waals surface area contributed by atoms with E-state index in [1.165, 1.54) is 32.2 Å². The van der Waals surface area contributed by atoms with Crippen molar-refractivity contribution in [3.8, 4) is 0 Å². The maximum absolute atomic E-state index is 12.1. The van der Waals surface area contributed by atoms with Crippen molar-refractivity contribution in [3.63, 3.8) is 0 Å². The molecule has 3 fully saturated rings. The lowest BCUT2D eigenvalue weighted by atomic mass is 9.99. The molecule has 3 rings (SSSR count). The number of nitrogens with one attached hydrogen (secondary N) is 1. The van der Waals surface area contributed by atoms with Crippen LogP contribution in [0.5, 0.6) is 0 Å². The molecule has 2 aliphatic heterocycles. The van der Waals surface area contributed by atoms with Crippen molar-refractivity contribution in [1.82, 2.24) is 15.1 Å². The first-order valence-corrected chi connectivity index (χ1v) is 8.12. The first-order valence-electron chi connectivity index (χ1n) is 8.12. The Labute approximate surface area is 121 Å². The Morgan fingerprint density at radius 2 is 1.75 bits per heavy atom. The van der Waals surface area contributed by atoms with E-state index in [2.05, 4.69) is 10.2 Å². The molecule has 0 radical (unpaired) electrons. The van der Waals surface area contributed by atoms with Gasteiger partial charge in [0, 0.05) is 52.0 Å². The molecule has 0 bridgehead atoms. The molecule has 0 aromatic heterocycles. The minimum atomic E-state index is 0.280. The number of piperazine rings is 1. The van der Waals surface area contributed by atoms with Gasteiger partial charge in [-0.1, -0.05) is 0 Å². The fourth-order valence-corrected chi connectivity index (χ4v) is 3.10. The summed E-state index contributed by atoms with van der Waals surface area (Å²) < 4.78 is 5.41. The fraction of sp³-hybridized carbons (Fsp3) is 0.933. The van der Waals surface area contributed by atoms with E-state index in [0.29, 0.717) is 12.6 Å². The standard InChI is InChI=1S/C15H27N3O2/c19-15(11-16-14-1-2-14)18-7-5-17(6-8-18)12-13-3-9-20-10-4-13/h13-14,16H,1-12H2. The second-order valence-corrected chi connectivity index (χ2v) is 6.39. The summed E-state index contributed by atoms with van der Waals surface area (Å²) in [5.41, 5.74) is 0. The van der Waals surface area contributed by atoms with Gasteiger partial charge in [0.25, 0.3) is 0 Å². The van der Waals surface area contributed by atoms with Crippen LogP contribution in [0.1, 0.15) is 25.7 Å². The zero-order valence-corrected chi connectivity index (χ0v) is 12.4. The summed E-state index contributed by atoms with van der Waals surface area (Å²) in [4.78, 5) is 16.6. The molecule has 5 heteroatoms. The van der Waals surface area contributed by atoms with Crippen LogP contribution in [0.25, 0.3) is 0 Å². The van der Waals surface area contributed by atoms with Gasteiger partial charge in [0.1, 0.15) is 0 Å². The van der Waals surface area contributed by atoms with E-state index >= 15 is 0 Å². The van der Waals surface area contributed by atoms with Crippen molar-refractivity contribution in [2.75, 3.05) is 52.5 Å². The lowest BCUT2D eigenvalue weighted by molar-refractivity contribution is -0.132. The van der Waals surface area contributed by atoms with Gasteiger partial charge in [-0.2, -0.15) is 0 Å². The number of hydrogen-bond donors (Lipinski definition) is 1. The number of carbonyl (C=O) groups excluding carboxylic acids is 1. The molecular formula is C15H27N3O2. The summed E-state index contributed by atoms with van der Waals surface area (Å²) >= 11 is 0. The molecule has 3 aliphatic rings. The molecule has 0 atom stereocenters. The molecule has 0 aromatic rings. The lowest BCUT2D eigenvalue weighted by Gasteiger charge is -2.37. The van der Waals surface area contributed by atoms with Gasteiger partial charge >= 0.3 is 0 Å². The molecule has 0 aromatic carbocycles. The third-order valence-corrected chi connectivity index (χ3v) is 4.70. The van der Waals surface area contributed by atoms with E-state index in [4.69, 9.17) is 4.74 Å². The van der Waals surface area contributed by atoms with E-state index in [1.807, 2.05) is 4.90 Å². The second kappa shape index (κ2) is 6.87. The van der Waals surface area contributed by atoms with Crippen LogP contribution in [-0.2, 0) is 9.53 Å². The van der Waals surface area contributed by atoms with Crippen molar-refractivity contribution in [2.24, 2.45) is 5.92 Å². The fourth-order valence-electron chi connectivity index (χ4n) is 3.10. The number of ether oxygens (including phenoxy) is 1. The summed E-state index contributed by atoms with van der Waals surface area (Å²) in [6.07, 6.45) is 4.88. The largest absolute Gasteiger partial charge is 0.381 e. The molecular weight excluding hydrogens is 254 g/mol. The maximum Gasteiger partial charge on any atom is 0.236 e. The van der Waals surface area contributed by atoms with Gasteiger partial charge in [0.05, 0.1) is 6.54 Å². The van der Waals surface area contributed by atoms with Crippen molar-refractivity contribution < 1.29 is 9.53 Å². The Morgan fingerprint density at radius 1 is 1.05 bits per heavy atom. The van der Waals surface area contributed by atoms with Crippen LogP contribution in [0.2, 0.25) is 0 Å². The molecule has 5 nitrogen and oxygen atoms in total. The van der Waals surface area contributed by atoms with E-state index < -0.39 is 0 Å². The van der Waals surface area contributed by atoms with Crippen LogP contribution in [0.4, 0.5) is 0 Å². The van der Waals surface area contributed by atoms with Gasteiger partial charge in [-0.25, -0.2) is 0 Å². The van der Waals surface area contributed by atoms with E-state index in [9.17, 15) is 4.79 Å². The van der Waals surface area contributed by atoms with E-state index in [-0.39, 0.29) is 5.91 Å². The minimum Gasteiger partial charge on any atom is -0.381 e. The van der Waals surface area contributed by atoms with Crippen LogP contribution in [0, 0.1) is 5.92 Å². The Hall–Kier alpha value is -0.650. The van der Waals surface area contributed by atoms with Crippen molar-refractivity contribution in [2.45, 2.75) is 31.7 Å². The molecule has 20 heavy (non-hydrogen) atoms. The van der Waals surface area contributed by atoms with Crippen molar-refractivity contribution in [1.29, 1.82) is 0 Å². The molecule has 2 heterocycles. The Bertz CT molecular complexity index is 319. The summed E-state index contributed by atoms with van der Waals surface area (Å²) in [5, 5.41) is 3.31. The van der Waals surface area contributed by atoms with Crippen molar-refractivity contribution in [3.05, 3.63) is 0 Å². The van der Waals surface area contributed by atoms with Gasteiger partial charge < -0.3 is 15.0 Å². The molecule has 1 saturated carbocycles. The molecule has 1 aliphatic carbocycles. The Balaban J connectivity index is 1.34. The lowest BCUT2D eigenvalue weighted by Crippen LogP contribution is -2.52. The van der Waals surface area contributed by atoms with Crippen LogP contribution in [0.15, 0.2) is 0 Å². The monoisotopic (exact) mass is 281 g/mol. The summed E-state index contributed by atoms with van der Waals surface area (Å²) in [7, 11) is 0. The smallest absolute Gasteiger partial charge is 0.236 e. The van der Waals surface area contributed by atoms with Crippen LogP contribution in [0.3, 0.4) is 0 Å². The Morgan fingerprint density at radius 3 is 2.40 bits per heavy atom. The quantitative estimate of drug-likeness (QED) is 0.788. The number of amides is 1. The number of nitrogens with zero attached hydrogens (tertiary/aromatic N) is 2. The summed E-state index contributed by atoms with van der Waals surface area (Å²) in [6.45, 7) is 7.43. The highest BCUT2D eigenvalue weighted by atomic mass is 16.5. The van der Waals surface area contributed by atoms with E-state index in [1.54, 1.807) is 0 Å². The van der Waals surface area contributed by atoms with Gasteiger partial charge in [0.15, 0.2) is 0 Å². The SMILES string of the molecule is O=C(CNC1CC1)N1CCN(CC2CCOCC2)CC1. The van der Waals surface area contributed by atoms with Gasteiger partial charge in [-0.3, -0.25) is 9.69 Å². The zero-order valence-electron chi connectivity index (χ0n) is 12.4. The third-order valence-electron chi connectivity index (χ3n) is 4.70. The van der Waals surface area contributed by atoms with Crippen molar-refractivity contribution >= 4 is 5.91 Å². The molecule has 0 spiro atoms.